The Labute approximate surface area is 234 Å². The second-order valence-corrected chi connectivity index (χ2v) is 9.51. The van der Waals surface area contributed by atoms with Crippen LogP contribution in [-0.2, 0) is 9.59 Å². The smallest absolute Gasteiger partial charge is 0.335 e. The summed E-state index contributed by atoms with van der Waals surface area (Å²) in [5, 5.41) is 2.24. The number of rotatable bonds is 11. The Balaban J connectivity index is 1.45. The molecule has 0 aliphatic carbocycles. The zero-order chi connectivity index (χ0) is 28.6. The quantitative estimate of drug-likeness (QED) is 0.181. The normalized spacial score (nSPS) is 15.2. The van der Waals surface area contributed by atoms with Gasteiger partial charge in [-0.05, 0) is 79.8 Å². The topological polar surface area (TPSA) is 94.2 Å². The molecule has 0 spiro atoms. The molecule has 40 heavy (non-hydrogen) atoms. The number of imide groups is 2. The highest BCUT2D eigenvalue weighted by atomic mass is 16.5. The minimum absolute atomic E-state index is 0.163. The minimum Gasteiger partial charge on any atom is -0.490 e. The van der Waals surface area contributed by atoms with Crippen LogP contribution in [0.25, 0.3) is 6.08 Å². The Kier molecular flexibility index (Phi) is 9.22. The molecule has 0 bridgehead atoms. The third-order valence-electron chi connectivity index (χ3n) is 6.64. The lowest BCUT2D eigenvalue weighted by atomic mass is 9.99. The Morgan fingerprint density at radius 3 is 2.23 bits per heavy atom. The van der Waals surface area contributed by atoms with E-state index in [0.717, 1.165) is 22.6 Å². The number of anilines is 1. The predicted octanol–water partition coefficient (Wildman–Crippen LogP) is 6.03. The second-order valence-electron chi connectivity index (χ2n) is 9.51. The predicted molar refractivity (Wildman–Crippen MR) is 154 cm³/mol. The van der Waals surface area contributed by atoms with Crippen LogP contribution in [0.15, 0.2) is 72.3 Å². The van der Waals surface area contributed by atoms with Gasteiger partial charge in [0, 0.05) is 0 Å². The number of hydrogen-bond acceptors (Lipinski definition) is 6. The van der Waals surface area contributed by atoms with Crippen LogP contribution in [0.2, 0.25) is 0 Å². The Hall–Kier alpha value is -4.59. The summed E-state index contributed by atoms with van der Waals surface area (Å²) in [7, 11) is 0. The van der Waals surface area contributed by atoms with E-state index in [-0.39, 0.29) is 5.57 Å². The number of benzene rings is 3. The van der Waals surface area contributed by atoms with Crippen molar-refractivity contribution >= 4 is 29.6 Å². The van der Waals surface area contributed by atoms with Crippen LogP contribution in [0.5, 0.6) is 17.2 Å². The first kappa shape index (κ1) is 28.4. The maximum Gasteiger partial charge on any atom is 0.335 e. The number of aryl methyl sites for hydroxylation is 1. The molecule has 1 saturated heterocycles. The van der Waals surface area contributed by atoms with E-state index in [2.05, 4.69) is 31.3 Å². The van der Waals surface area contributed by atoms with Crippen LogP contribution in [0, 0.1) is 6.92 Å². The average molecular weight is 543 g/mol. The van der Waals surface area contributed by atoms with Crippen molar-refractivity contribution in [2.24, 2.45) is 0 Å². The van der Waals surface area contributed by atoms with Gasteiger partial charge < -0.3 is 14.2 Å². The van der Waals surface area contributed by atoms with E-state index in [1.54, 1.807) is 42.5 Å². The lowest BCUT2D eigenvalue weighted by Gasteiger charge is -2.26. The van der Waals surface area contributed by atoms with E-state index >= 15 is 0 Å². The lowest BCUT2D eigenvalue weighted by Crippen LogP contribution is -2.54. The highest BCUT2D eigenvalue weighted by molar-refractivity contribution is 6.39. The molecule has 0 saturated carbocycles. The Bertz CT molecular complexity index is 1400. The highest BCUT2D eigenvalue weighted by Gasteiger charge is 2.36. The van der Waals surface area contributed by atoms with Gasteiger partial charge in [0.2, 0.25) is 0 Å². The van der Waals surface area contributed by atoms with Crippen molar-refractivity contribution in [1.29, 1.82) is 0 Å². The molecule has 4 amide bonds. The SMILES string of the molecule is CCOc1cc(/C=C2/C(=O)NC(=O)N(c3ccc(C)cc3)C2=O)ccc1OCCOc1ccc([C@@H](C)CC)cc1. The third kappa shape index (κ3) is 6.69. The molecule has 1 fully saturated rings. The van der Waals surface area contributed by atoms with Crippen LogP contribution in [-0.4, -0.2) is 37.7 Å². The summed E-state index contributed by atoms with van der Waals surface area (Å²) in [5.41, 5.74) is 3.02. The summed E-state index contributed by atoms with van der Waals surface area (Å²) in [6.45, 7) is 9.15. The fourth-order valence-electron chi connectivity index (χ4n) is 4.19. The van der Waals surface area contributed by atoms with Gasteiger partial charge in [-0.1, -0.05) is 49.7 Å². The van der Waals surface area contributed by atoms with E-state index in [1.807, 2.05) is 26.0 Å². The summed E-state index contributed by atoms with van der Waals surface area (Å²) in [5.74, 6) is 0.793. The van der Waals surface area contributed by atoms with Crippen LogP contribution in [0.3, 0.4) is 0 Å². The molecule has 8 nitrogen and oxygen atoms in total. The first-order valence-corrected chi connectivity index (χ1v) is 13.4. The second kappa shape index (κ2) is 13.0. The van der Waals surface area contributed by atoms with E-state index in [9.17, 15) is 14.4 Å². The van der Waals surface area contributed by atoms with Gasteiger partial charge in [-0.2, -0.15) is 0 Å². The van der Waals surface area contributed by atoms with Gasteiger partial charge in [0.05, 0.1) is 12.3 Å². The minimum atomic E-state index is -0.788. The van der Waals surface area contributed by atoms with Crippen molar-refractivity contribution in [1.82, 2.24) is 5.32 Å². The molecule has 4 rings (SSSR count). The van der Waals surface area contributed by atoms with Gasteiger partial charge in [0.15, 0.2) is 11.5 Å². The maximum absolute atomic E-state index is 13.2. The van der Waals surface area contributed by atoms with Crippen LogP contribution in [0.4, 0.5) is 10.5 Å². The number of ether oxygens (including phenoxy) is 3. The summed E-state index contributed by atoms with van der Waals surface area (Å²) < 4.78 is 17.5. The molecule has 8 heteroatoms. The summed E-state index contributed by atoms with van der Waals surface area (Å²) in [4.78, 5) is 39.1. The van der Waals surface area contributed by atoms with Gasteiger partial charge in [-0.15, -0.1) is 0 Å². The first-order chi connectivity index (χ1) is 19.3. The van der Waals surface area contributed by atoms with Crippen LogP contribution < -0.4 is 24.4 Å². The fourth-order valence-corrected chi connectivity index (χ4v) is 4.19. The number of amides is 4. The Morgan fingerprint density at radius 1 is 0.850 bits per heavy atom. The molecule has 1 heterocycles. The molecule has 1 aliphatic rings. The standard InChI is InChI=1S/C32H34N2O6/c1-5-22(4)24-10-14-26(15-11-24)39-17-18-40-28-16-9-23(20-29(28)38-6-2)19-27-30(35)33-32(37)34(31(27)36)25-12-7-21(3)8-13-25/h7-16,19-20,22H,5-6,17-18H2,1-4H3,(H,33,35,37)/b27-19-/t22-/m0/s1. The van der Waals surface area contributed by atoms with Crippen LogP contribution in [0.1, 0.15) is 49.8 Å². The number of nitrogens with one attached hydrogen (secondary N) is 1. The number of barbiturate groups is 1. The van der Waals surface area contributed by atoms with E-state index in [0.29, 0.717) is 48.5 Å². The number of nitrogens with zero attached hydrogens (tertiary/aromatic N) is 1. The van der Waals surface area contributed by atoms with Crippen molar-refractivity contribution < 1.29 is 28.6 Å². The molecule has 208 valence electrons. The van der Waals surface area contributed by atoms with Crippen molar-refractivity contribution in [3.63, 3.8) is 0 Å². The zero-order valence-electron chi connectivity index (χ0n) is 23.2. The number of urea groups is 1. The molecule has 0 aromatic heterocycles. The van der Waals surface area contributed by atoms with Crippen LogP contribution >= 0.6 is 0 Å². The van der Waals surface area contributed by atoms with Gasteiger partial charge >= 0.3 is 6.03 Å². The summed E-state index contributed by atoms with van der Waals surface area (Å²) >= 11 is 0. The molecule has 0 unspecified atom stereocenters. The molecular weight excluding hydrogens is 508 g/mol. The maximum atomic E-state index is 13.2. The van der Waals surface area contributed by atoms with Gasteiger partial charge in [-0.3, -0.25) is 14.9 Å². The average Bonchev–Trinajstić information content (AvgIpc) is 2.95. The van der Waals surface area contributed by atoms with Crippen molar-refractivity contribution in [2.45, 2.75) is 40.0 Å². The van der Waals surface area contributed by atoms with E-state index < -0.39 is 17.8 Å². The van der Waals surface area contributed by atoms with Gasteiger partial charge in [-0.25, -0.2) is 9.69 Å². The molecule has 0 radical (unpaired) electrons. The monoisotopic (exact) mass is 542 g/mol. The summed E-state index contributed by atoms with van der Waals surface area (Å²) in [6, 6.07) is 19.3. The molecule has 1 N–H and O–H groups in total. The fraction of sp³-hybridized carbons (Fsp3) is 0.281. The molecule has 3 aromatic carbocycles. The van der Waals surface area contributed by atoms with Crippen molar-refractivity contribution in [3.05, 3.63) is 89.0 Å². The lowest BCUT2D eigenvalue weighted by molar-refractivity contribution is -0.122. The van der Waals surface area contributed by atoms with E-state index in [4.69, 9.17) is 14.2 Å². The summed E-state index contributed by atoms with van der Waals surface area (Å²) in [6.07, 6.45) is 2.52. The molecule has 1 atom stereocenters. The van der Waals surface area contributed by atoms with Gasteiger partial charge in [0.25, 0.3) is 11.8 Å². The van der Waals surface area contributed by atoms with E-state index in [1.165, 1.54) is 11.6 Å². The Morgan fingerprint density at radius 2 is 1.55 bits per heavy atom. The van der Waals surface area contributed by atoms with Gasteiger partial charge in [0.1, 0.15) is 24.5 Å². The number of carbonyl (C=O) groups excluding carboxylic acids is 3. The first-order valence-electron chi connectivity index (χ1n) is 13.4. The molecular formula is C32H34N2O6. The molecule has 3 aromatic rings. The van der Waals surface area contributed by atoms with Crippen molar-refractivity contribution in [3.8, 4) is 17.2 Å². The highest BCUT2D eigenvalue weighted by Crippen LogP contribution is 2.30. The third-order valence-corrected chi connectivity index (χ3v) is 6.64. The largest absolute Gasteiger partial charge is 0.490 e. The van der Waals surface area contributed by atoms with Crippen molar-refractivity contribution in [2.75, 3.05) is 24.7 Å². The zero-order valence-corrected chi connectivity index (χ0v) is 23.2. The number of hydrogen-bond donors (Lipinski definition) is 1. The molecule has 1 aliphatic heterocycles. The number of carbonyl (C=O) groups is 3.